The Morgan fingerprint density at radius 3 is 2.71 bits per heavy atom. The molecule has 116 valence electrons. The second-order valence-corrected chi connectivity index (χ2v) is 6.35. The predicted molar refractivity (Wildman–Crippen MR) is 83.0 cm³/mol. The van der Waals surface area contributed by atoms with E-state index in [9.17, 15) is 9.59 Å². The van der Waals surface area contributed by atoms with Crippen LogP contribution in [-0.4, -0.2) is 40.8 Å². The van der Waals surface area contributed by atoms with Gasteiger partial charge in [-0.15, -0.1) is 11.3 Å². The van der Waals surface area contributed by atoms with Gasteiger partial charge in [0.1, 0.15) is 5.69 Å². The van der Waals surface area contributed by atoms with E-state index in [-0.39, 0.29) is 23.8 Å². The summed E-state index contributed by atoms with van der Waals surface area (Å²) in [6.07, 6.45) is 2.33. The number of nitrogen functional groups attached to an aromatic ring is 1. The molecule has 7 heteroatoms. The van der Waals surface area contributed by atoms with E-state index in [2.05, 4.69) is 10.3 Å². The second kappa shape index (κ2) is 6.89. The van der Waals surface area contributed by atoms with Gasteiger partial charge in [0.15, 0.2) is 5.13 Å². The Morgan fingerprint density at radius 1 is 1.52 bits per heavy atom. The normalized spacial score (nSPS) is 17.5. The number of aromatic nitrogens is 1. The van der Waals surface area contributed by atoms with Crippen molar-refractivity contribution in [3.05, 3.63) is 11.1 Å². The standard InChI is InChI=1S/C14H22N4O2S/c1-3-9(2)16-12(19)10-4-6-18(7-5-10)13(20)11-8-21-14(15)17-11/h8-10H,3-7H2,1-2H3,(H2,15,17)(H,16,19). The summed E-state index contributed by atoms with van der Waals surface area (Å²) in [5.74, 6) is 0.0154. The highest BCUT2D eigenvalue weighted by Crippen LogP contribution is 2.20. The van der Waals surface area contributed by atoms with Crippen molar-refractivity contribution in [3.63, 3.8) is 0 Å². The summed E-state index contributed by atoms with van der Waals surface area (Å²) in [5.41, 5.74) is 5.95. The fourth-order valence-electron chi connectivity index (χ4n) is 2.36. The number of hydrogen-bond donors (Lipinski definition) is 2. The van der Waals surface area contributed by atoms with Crippen molar-refractivity contribution in [3.8, 4) is 0 Å². The summed E-state index contributed by atoms with van der Waals surface area (Å²) in [6.45, 7) is 5.23. The van der Waals surface area contributed by atoms with E-state index < -0.39 is 0 Å². The smallest absolute Gasteiger partial charge is 0.273 e. The number of amides is 2. The Bertz CT molecular complexity index is 509. The van der Waals surface area contributed by atoms with E-state index in [0.717, 1.165) is 6.42 Å². The maximum absolute atomic E-state index is 12.2. The number of piperidine rings is 1. The third kappa shape index (κ3) is 3.93. The van der Waals surface area contributed by atoms with E-state index in [1.54, 1.807) is 10.3 Å². The molecule has 0 aliphatic carbocycles. The Labute approximate surface area is 128 Å². The van der Waals surface area contributed by atoms with Crippen molar-refractivity contribution in [1.82, 2.24) is 15.2 Å². The molecular weight excluding hydrogens is 288 g/mol. The lowest BCUT2D eigenvalue weighted by atomic mass is 9.95. The van der Waals surface area contributed by atoms with E-state index >= 15 is 0 Å². The quantitative estimate of drug-likeness (QED) is 0.882. The van der Waals surface area contributed by atoms with Gasteiger partial charge in [0, 0.05) is 30.4 Å². The lowest BCUT2D eigenvalue weighted by Crippen LogP contribution is -2.44. The zero-order valence-electron chi connectivity index (χ0n) is 12.5. The van der Waals surface area contributed by atoms with Crippen LogP contribution in [0.1, 0.15) is 43.6 Å². The number of nitrogens with one attached hydrogen (secondary N) is 1. The number of anilines is 1. The van der Waals surface area contributed by atoms with Gasteiger partial charge in [-0.2, -0.15) is 0 Å². The molecule has 1 aromatic rings. The average Bonchev–Trinajstić information content (AvgIpc) is 2.93. The Balaban J connectivity index is 1.85. The SMILES string of the molecule is CCC(C)NC(=O)C1CCN(C(=O)c2csc(N)n2)CC1. The molecule has 21 heavy (non-hydrogen) atoms. The van der Waals surface area contributed by atoms with Crippen LogP contribution in [0, 0.1) is 5.92 Å². The average molecular weight is 310 g/mol. The lowest BCUT2D eigenvalue weighted by Gasteiger charge is -2.31. The van der Waals surface area contributed by atoms with Gasteiger partial charge in [-0.1, -0.05) is 6.92 Å². The number of carbonyl (C=O) groups is 2. The van der Waals surface area contributed by atoms with E-state index in [0.29, 0.717) is 36.8 Å². The molecule has 0 aromatic carbocycles. The molecule has 0 saturated carbocycles. The first kappa shape index (κ1) is 15.8. The van der Waals surface area contributed by atoms with Crippen LogP contribution in [0.2, 0.25) is 0 Å². The summed E-state index contributed by atoms with van der Waals surface area (Å²) >= 11 is 1.27. The zero-order valence-corrected chi connectivity index (χ0v) is 13.3. The van der Waals surface area contributed by atoms with Crippen LogP contribution in [0.15, 0.2) is 5.38 Å². The Kier molecular flexibility index (Phi) is 5.17. The topological polar surface area (TPSA) is 88.3 Å². The highest BCUT2D eigenvalue weighted by molar-refractivity contribution is 7.13. The third-order valence-corrected chi connectivity index (χ3v) is 4.57. The summed E-state index contributed by atoms with van der Waals surface area (Å²) in [5, 5.41) is 5.09. The number of hydrogen-bond acceptors (Lipinski definition) is 5. The molecule has 1 aromatic heterocycles. The fourth-order valence-corrected chi connectivity index (χ4v) is 2.89. The van der Waals surface area contributed by atoms with Gasteiger partial charge < -0.3 is 16.0 Å². The zero-order chi connectivity index (χ0) is 15.4. The van der Waals surface area contributed by atoms with Crippen LogP contribution in [0.3, 0.4) is 0 Å². The molecule has 1 unspecified atom stereocenters. The predicted octanol–water partition coefficient (Wildman–Crippen LogP) is 1.49. The van der Waals surface area contributed by atoms with Gasteiger partial charge in [0.25, 0.3) is 5.91 Å². The van der Waals surface area contributed by atoms with Crippen LogP contribution in [-0.2, 0) is 4.79 Å². The number of rotatable bonds is 4. The Hall–Kier alpha value is -1.63. The molecular formula is C14H22N4O2S. The van der Waals surface area contributed by atoms with Crippen LogP contribution in [0.4, 0.5) is 5.13 Å². The van der Waals surface area contributed by atoms with Crippen molar-refractivity contribution in [2.45, 2.75) is 39.2 Å². The minimum absolute atomic E-state index is 0.00329. The van der Waals surface area contributed by atoms with E-state index in [1.165, 1.54) is 11.3 Å². The number of thiazole rings is 1. The van der Waals surface area contributed by atoms with Crippen molar-refractivity contribution < 1.29 is 9.59 Å². The van der Waals surface area contributed by atoms with Gasteiger partial charge in [0.2, 0.25) is 5.91 Å². The summed E-state index contributed by atoms with van der Waals surface area (Å²) in [4.78, 5) is 30.1. The molecule has 1 fully saturated rings. The van der Waals surface area contributed by atoms with Gasteiger partial charge in [-0.25, -0.2) is 4.98 Å². The molecule has 1 aliphatic rings. The molecule has 1 atom stereocenters. The van der Waals surface area contributed by atoms with Crippen molar-refractivity contribution in [2.75, 3.05) is 18.8 Å². The lowest BCUT2D eigenvalue weighted by molar-refractivity contribution is -0.126. The third-order valence-electron chi connectivity index (χ3n) is 3.90. The molecule has 0 radical (unpaired) electrons. The van der Waals surface area contributed by atoms with Gasteiger partial charge in [-0.3, -0.25) is 9.59 Å². The summed E-state index contributed by atoms with van der Waals surface area (Å²) < 4.78 is 0. The highest BCUT2D eigenvalue weighted by Gasteiger charge is 2.28. The fraction of sp³-hybridized carbons (Fsp3) is 0.643. The van der Waals surface area contributed by atoms with Crippen LogP contribution < -0.4 is 11.1 Å². The molecule has 0 bridgehead atoms. The van der Waals surface area contributed by atoms with Crippen LogP contribution >= 0.6 is 11.3 Å². The van der Waals surface area contributed by atoms with Crippen LogP contribution in [0.5, 0.6) is 0 Å². The summed E-state index contributed by atoms with van der Waals surface area (Å²) in [7, 11) is 0. The Morgan fingerprint density at radius 2 is 2.19 bits per heavy atom. The van der Waals surface area contributed by atoms with Crippen LogP contribution in [0.25, 0.3) is 0 Å². The number of carbonyl (C=O) groups excluding carboxylic acids is 2. The second-order valence-electron chi connectivity index (χ2n) is 5.46. The molecule has 1 saturated heterocycles. The molecule has 0 spiro atoms. The number of nitrogens with two attached hydrogens (primary N) is 1. The largest absolute Gasteiger partial charge is 0.375 e. The number of likely N-dealkylation sites (tertiary alicyclic amines) is 1. The van der Waals surface area contributed by atoms with Gasteiger partial charge in [-0.05, 0) is 26.2 Å². The van der Waals surface area contributed by atoms with Crippen molar-refractivity contribution in [1.29, 1.82) is 0 Å². The molecule has 2 rings (SSSR count). The molecule has 2 heterocycles. The maximum atomic E-state index is 12.2. The maximum Gasteiger partial charge on any atom is 0.273 e. The first-order valence-corrected chi connectivity index (χ1v) is 8.19. The first-order chi connectivity index (χ1) is 10.0. The minimum atomic E-state index is -0.0938. The molecule has 6 nitrogen and oxygen atoms in total. The van der Waals surface area contributed by atoms with Gasteiger partial charge in [0.05, 0.1) is 0 Å². The monoisotopic (exact) mass is 310 g/mol. The first-order valence-electron chi connectivity index (χ1n) is 7.32. The minimum Gasteiger partial charge on any atom is -0.375 e. The van der Waals surface area contributed by atoms with Crippen molar-refractivity contribution in [2.24, 2.45) is 5.92 Å². The summed E-state index contributed by atoms with van der Waals surface area (Å²) in [6, 6.07) is 0.204. The molecule has 3 N–H and O–H groups in total. The highest BCUT2D eigenvalue weighted by atomic mass is 32.1. The van der Waals surface area contributed by atoms with E-state index in [4.69, 9.17) is 5.73 Å². The van der Waals surface area contributed by atoms with Gasteiger partial charge >= 0.3 is 0 Å². The molecule has 2 amide bonds. The molecule has 1 aliphatic heterocycles. The van der Waals surface area contributed by atoms with E-state index in [1.807, 2.05) is 13.8 Å². The number of nitrogens with zero attached hydrogens (tertiary/aromatic N) is 2. The van der Waals surface area contributed by atoms with Crippen molar-refractivity contribution >= 4 is 28.3 Å².